The number of aromatic nitrogens is 2. The number of hydrogen-bond acceptors (Lipinski definition) is 4. The van der Waals surface area contributed by atoms with E-state index in [1.54, 1.807) is 23.9 Å². The standard InChI is InChI=1S/C22H17FN4O2S/c23-17-11-9-16(10-12-17)21(29)27-26-20(28)15-7-5-14(6-8-15)13-30-22-24-18-3-1-2-4-19(18)25-22/h1-12H,13H2,(H,24,25)(H,26,28)(H,27,29). The zero-order valence-corrected chi connectivity index (χ0v) is 16.5. The molecule has 150 valence electrons. The maximum Gasteiger partial charge on any atom is 0.269 e. The van der Waals surface area contributed by atoms with Gasteiger partial charge in [-0.25, -0.2) is 9.37 Å². The zero-order chi connectivity index (χ0) is 20.9. The first kappa shape index (κ1) is 19.7. The van der Waals surface area contributed by atoms with Crippen molar-refractivity contribution >= 4 is 34.6 Å². The van der Waals surface area contributed by atoms with Crippen LogP contribution in [0.1, 0.15) is 26.3 Å². The molecular formula is C22H17FN4O2S. The highest BCUT2D eigenvalue weighted by molar-refractivity contribution is 7.98. The van der Waals surface area contributed by atoms with Gasteiger partial charge in [-0.05, 0) is 54.1 Å². The Labute approximate surface area is 175 Å². The van der Waals surface area contributed by atoms with E-state index in [0.717, 1.165) is 21.8 Å². The lowest BCUT2D eigenvalue weighted by atomic mass is 10.1. The number of para-hydroxylation sites is 2. The number of halogens is 1. The van der Waals surface area contributed by atoms with Crippen LogP contribution in [0.4, 0.5) is 4.39 Å². The molecule has 6 nitrogen and oxygen atoms in total. The third-order valence-electron chi connectivity index (χ3n) is 4.36. The summed E-state index contributed by atoms with van der Waals surface area (Å²) in [7, 11) is 0. The summed E-state index contributed by atoms with van der Waals surface area (Å²) in [6, 6.07) is 20.0. The maximum absolute atomic E-state index is 12.9. The number of carbonyl (C=O) groups is 2. The van der Waals surface area contributed by atoms with Gasteiger partial charge in [0.15, 0.2) is 5.16 Å². The first-order valence-electron chi connectivity index (χ1n) is 9.11. The smallest absolute Gasteiger partial charge is 0.269 e. The minimum Gasteiger partial charge on any atom is -0.333 e. The summed E-state index contributed by atoms with van der Waals surface area (Å²) >= 11 is 1.58. The molecular weight excluding hydrogens is 403 g/mol. The monoisotopic (exact) mass is 420 g/mol. The van der Waals surface area contributed by atoms with E-state index in [1.165, 1.54) is 24.3 Å². The molecule has 4 rings (SSSR count). The number of hydrogen-bond donors (Lipinski definition) is 3. The third-order valence-corrected chi connectivity index (χ3v) is 5.30. The lowest BCUT2D eigenvalue weighted by Crippen LogP contribution is -2.41. The summed E-state index contributed by atoms with van der Waals surface area (Å²) in [5, 5.41) is 0.835. The van der Waals surface area contributed by atoms with Gasteiger partial charge in [-0.15, -0.1) is 0 Å². The maximum atomic E-state index is 12.9. The number of fused-ring (bicyclic) bond motifs is 1. The molecule has 0 spiro atoms. The van der Waals surface area contributed by atoms with Gasteiger partial charge in [0.1, 0.15) is 5.82 Å². The van der Waals surface area contributed by atoms with Crippen molar-refractivity contribution in [3.8, 4) is 0 Å². The van der Waals surface area contributed by atoms with Gasteiger partial charge >= 0.3 is 0 Å². The second-order valence-corrected chi connectivity index (χ2v) is 7.42. The Bertz CT molecular complexity index is 1160. The topological polar surface area (TPSA) is 86.9 Å². The van der Waals surface area contributed by atoms with Gasteiger partial charge in [0.25, 0.3) is 11.8 Å². The minimum atomic E-state index is -0.526. The summed E-state index contributed by atoms with van der Waals surface area (Å²) < 4.78 is 12.9. The van der Waals surface area contributed by atoms with Crippen LogP contribution in [0.5, 0.6) is 0 Å². The van der Waals surface area contributed by atoms with Crippen LogP contribution in [0.15, 0.2) is 78.0 Å². The van der Waals surface area contributed by atoms with Crippen LogP contribution in [0.25, 0.3) is 11.0 Å². The highest BCUT2D eigenvalue weighted by Gasteiger charge is 2.10. The lowest BCUT2D eigenvalue weighted by Gasteiger charge is -2.08. The number of hydrazine groups is 1. The van der Waals surface area contributed by atoms with Crippen molar-refractivity contribution in [3.05, 3.63) is 95.3 Å². The van der Waals surface area contributed by atoms with Gasteiger partial charge in [-0.1, -0.05) is 36.0 Å². The van der Waals surface area contributed by atoms with Crippen molar-refractivity contribution in [3.63, 3.8) is 0 Å². The Balaban J connectivity index is 1.30. The molecule has 3 aromatic carbocycles. The van der Waals surface area contributed by atoms with Crippen molar-refractivity contribution in [1.82, 2.24) is 20.8 Å². The number of aromatic amines is 1. The van der Waals surface area contributed by atoms with Crippen molar-refractivity contribution in [2.24, 2.45) is 0 Å². The number of carbonyl (C=O) groups excluding carboxylic acids is 2. The van der Waals surface area contributed by atoms with E-state index in [-0.39, 0.29) is 5.56 Å². The van der Waals surface area contributed by atoms with Crippen LogP contribution < -0.4 is 10.9 Å². The van der Waals surface area contributed by atoms with E-state index in [2.05, 4.69) is 20.8 Å². The minimum absolute atomic E-state index is 0.245. The van der Waals surface area contributed by atoms with Crippen LogP contribution in [0.2, 0.25) is 0 Å². The Morgan fingerprint density at radius 3 is 2.10 bits per heavy atom. The number of nitrogens with one attached hydrogen (secondary N) is 3. The molecule has 0 bridgehead atoms. The Hall–Kier alpha value is -3.65. The summed E-state index contributed by atoms with van der Waals surface area (Å²) in [5.41, 5.74) is 8.27. The molecule has 1 heterocycles. The predicted octanol–water partition coefficient (Wildman–Crippen LogP) is 4.07. The SMILES string of the molecule is O=C(NNC(=O)c1ccc(CSc2nc3ccccc3[nH]2)cc1)c1ccc(F)cc1. The molecule has 0 aliphatic heterocycles. The van der Waals surface area contributed by atoms with E-state index in [1.807, 2.05) is 36.4 Å². The van der Waals surface area contributed by atoms with E-state index in [9.17, 15) is 14.0 Å². The number of rotatable bonds is 5. The first-order valence-corrected chi connectivity index (χ1v) is 10.1. The van der Waals surface area contributed by atoms with Crippen molar-refractivity contribution in [1.29, 1.82) is 0 Å². The molecule has 1 aromatic heterocycles. The molecule has 0 atom stereocenters. The highest BCUT2D eigenvalue weighted by Crippen LogP contribution is 2.23. The van der Waals surface area contributed by atoms with E-state index in [0.29, 0.717) is 11.3 Å². The normalized spacial score (nSPS) is 10.7. The Morgan fingerprint density at radius 2 is 1.47 bits per heavy atom. The number of thioether (sulfide) groups is 1. The zero-order valence-electron chi connectivity index (χ0n) is 15.7. The van der Waals surface area contributed by atoms with Crippen molar-refractivity contribution in [2.45, 2.75) is 10.9 Å². The van der Waals surface area contributed by atoms with Crippen LogP contribution in [0, 0.1) is 5.82 Å². The summed E-state index contributed by atoms with van der Waals surface area (Å²) in [6.45, 7) is 0. The molecule has 0 aliphatic carbocycles. The van der Waals surface area contributed by atoms with Gasteiger partial charge in [0, 0.05) is 16.9 Å². The van der Waals surface area contributed by atoms with Gasteiger partial charge in [0.2, 0.25) is 0 Å². The predicted molar refractivity (Wildman–Crippen MR) is 113 cm³/mol. The van der Waals surface area contributed by atoms with E-state index >= 15 is 0 Å². The van der Waals surface area contributed by atoms with Crippen LogP contribution in [0.3, 0.4) is 0 Å². The number of amides is 2. The first-order chi connectivity index (χ1) is 14.6. The second kappa shape index (κ2) is 8.79. The molecule has 0 saturated heterocycles. The number of nitrogens with zero attached hydrogens (tertiary/aromatic N) is 1. The highest BCUT2D eigenvalue weighted by atomic mass is 32.2. The molecule has 0 aliphatic rings. The Morgan fingerprint density at radius 1 is 0.867 bits per heavy atom. The van der Waals surface area contributed by atoms with Crippen molar-refractivity contribution in [2.75, 3.05) is 0 Å². The van der Waals surface area contributed by atoms with Gasteiger partial charge in [0.05, 0.1) is 11.0 Å². The fourth-order valence-corrected chi connectivity index (χ4v) is 3.60. The number of benzene rings is 3. The Kier molecular flexibility index (Phi) is 5.76. The fraction of sp³-hybridized carbons (Fsp3) is 0.0455. The van der Waals surface area contributed by atoms with Gasteiger partial charge in [-0.2, -0.15) is 0 Å². The van der Waals surface area contributed by atoms with Crippen LogP contribution in [-0.4, -0.2) is 21.8 Å². The summed E-state index contributed by atoms with van der Waals surface area (Å²) in [4.78, 5) is 32.0. The fourth-order valence-electron chi connectivity index (χ4n) is 2.76. The molecule has 0 saturated carbocycles. The molecule has 0 fully saturated rings. The van der Waals surface area contributed by atoms with Gasteiger partial charge < -0.3 is 4.98 Å². The molecule has 30 heavy (non-hydrogen) atoms. The lowest BCUT2D eigenvalue weighted by molar-refractivity contribution is 0.0846. The molecule has 3 N–H and O–H groups in total. The molecule has 0 unspecified atom stereocenters. The molecule has 8 heteroatoms. The van der Waals surface area contributed by atoms with Gasteiger partial charge in [-0.3, -0.25) is 20.4 Å². The summed E-state index contributed by atoms with van der Waals surface area (Å²) in [5.74, 6) is -0.707. The van der Waals surface area contributed by atoms with E-state index < -0.39 is 17.6 Å². The average molecular weight is 420 g/mol. The van der Waals surface area contributed by atoms with Crippen LogP contribution in [-0.2, 0) is 5.75 Å². The number of H-pyrrole nitrogens is 1. The summed E-state index contributed by atoms with van der Waals surface area (Å²) in [6.07, 6.45) is 0. The quantitative estimate of drug-likeness (QED) is 0.336. The van der Waals surface area contributed by atoms with E-state index in [4.69, 9.17) is 0 Å². The molecule has 0 radical (unpaired) electrons. The molecule has 4 aromatic rings. The second-order valence-electron chi connectivity index (χ2n) is 6.46. The average Bonchev–Trinajstić information content (AvgIpc) is 3.20. The third kappa shape index (κ3) is 4.66. The van der Waals surface area contributed by atoms with Crippen LogP contribution >= 0.6 is 11.8 Å². The number of imidazole rings is 1. The molecule has 2 amide bonds. The largest absolute Gasteiger partial charge is 0.333 e. The van der Waals surface area contributed by atoms with Crippen molar-refractivity contribution < 1.29 is 14.0 Å².